The molecule has 0 heterocycles. The zero-order chi connectivity index (χ0) is 18.7. The Kier molecular flexibility index (Phi) is 10.1. The van der Waals surface area contributed by atoms with E-state index in [0.29, 0.717) is 5.92 Å². The van der Waals surface area contributed by atoms with Crippen LogP contribution in [0.4, 0.5) is 0 Å². The SMILES string of the molecule is CC(C)OCC(=O)NCCCCCCCCNC(=O)C1(C(C)C)CC1. The Morgan fingerprint density at radius 1 is 0.880 bits per heavy atom. The van der Waals surface area contributed by atoms with E-state index in [2.05, 4.69) is 24.5 Å². The highest BCUT2D eigenvalue weighted by Crippen LogP contribution is 2.51. The Labute approximate surface area is 153 Å². The molecule has 2 amide bonds. The first-order chi connectivity index (χ1) is 11.9. The maximum absolute atomic E-state index is 12.2. The highest BCUT2D eigenvalue weighted by atomic mass is 16.5. The molecule has 2 N–H and O–H groups in total. The summed E-state index contributed by atoms with van der Waals surface area (Å²) in [6.07, 6.45) is 8.93. The number of amides is 2. The lowest BCUT2D eigenvalue weighted by molar-refractivity contribution is -0.128. The normalized spacial score (nSPS) is 15.4. The van der Waals surface area contributed by atoms with E-state index in [1.807, 2.05) is 13.8 Å². The molecule has 25 heavy (non-hydrogen) atoms. The Balaban J connectivity index is 1.86. The maximum atomic E-state index is 12.2. The number of hydrogen-bond donors (Lipinski definition) is 2. The molecular weight excluding hydrogens is 316 g/mol. The molecule has 0 saturated heterocycles. The first-order valence-corrected chi connectivity index (χ1v) is 10.0. The molecule has 0 spiro atoms. The summed E-state index contributed by atoms with van der Waals surface area (Å²) in [6, 6.07) is 0. The van der Waals surface area contributed by atoms with Gasteiger partial charge in [-0.15, -0.1) is 0 Å². The molecule has 1 aliphatic carbocycles. The Hall–Kier alpha value is -1.10. The Bertz CT molecular complexity index is 404. The summed E-state index contributed by atoms with van der Waals surface area (Å²) in [5.74, 6) is 0.684. The molecule has 0 aromatic rings. The van der Waals surface area contributed by atoms with Crippen LogP contribution < -0.4 is 10.6 Å². The maximum Gasteiger partial charge on any atom is 0.246 e. The lowest BCUT2D eigenvalue weighted by Crippen LogP contribution is -2.35. The highest BCUT2D eigenvalue weighted by Gasteiger charge is 2.51. The van der Waals surface area contributed by atoms with E-state index >= 15 is 0 Å². The van der Waals surface area contributed by atoms with Gasteiger partial charge in [0.15, 0.2) is 0 Å². The summed E-state index contributed by atoms with van der Waals surface area (Å²) >= 11 is 0. The number of unbranched alkanes of at least 4 members (excludes halogenated alkanes) is 5. The van der Waals surface area contributed by atoms with Gasteiger partial charge >= 0.3 is 0 Å². The zero-order valence-electron chi connectivity index (χ0n) is 16.7. The van der Waals surface area contributed by atoms with E-state index in [9.17, 15) is 9.59 Å². The largest absolute Gasteiger partial charge is 0.369 e. The first kappa shape index (κ1) is 21.9. The molecule has 0 bridgehead atoms. The molecule has 0 aliphatic heterocycles. The number of carbonyl (C=O) groups excluding carboxylic acids is 2. The van der Waals surface area contributed by atoms with Crippen molar-refractivity contribution < 1.29 is 14.3 Å². The molecule has 1 fully saturated rings. The van der Waals surface area contributed by atoms with Crippen molar-refractivity contribution >= 4 is 11.8 Å². The van der Waals surface area contributed by atoms with E-state index in [4.69, 9.17) is 4.74 Å². The average Bonchev–Trinajstić information content (AvgIpc) is 3.36. The number of ether oxygens (including phenoxy) is 1. The van der Waals surface area contributed by atoms with E-state index < -0.39 is 0 Å². The minimum Gasteiger partial charge on any atom is -0.369 e. The summed E-state index contributed by atoms with van der Waals surface area (Å²) in [5, 5.41) is 5.99. The number of rotatable bonds is 14. The van der Waals surface area contributed by atoms with Crippen LogP contribution >= 0.6 is 0 Å². The summed E-state index contributed by atoms with van der Waals surface area (Å²) in [6.45, 7) is 9.83. The summed E-state index contributed by atoms with van der Waals surface area (Å²) in [4.78, 5) is 23.6. The standard InChI is InChI=1S/C20H38N2O3/c1-16(2)20(11-12-20)19(24)22-14-10-8-6-5-7-9-13-21-18(23)15-25-17(3)4/h16-17H,5-15H2,1-4H3,(H,21,23)(H,22,24). The summed E-state index contributed by atoms with van der Waals surface area (Å²) in [7, 11) is 0. The lowest BCUT2D eigenvalue weighted by atomic mass is 9.91. The van der Waals surface area contributed by atoms with Crippen molar-refractivity contribution in [3.63, 3.8) is 0 Å². The van der Waals surface area contributed by atoms with Crippen LogP contribution in [0, 0.1) is 11.3 Å². The van der Waals surface area contributed by atoms with Crippen LogP contribution in [0.1, 0.15) is 79.1 Å². The summed E-state index contributed by atoms with van der Waals surface area (Å²) in [5.41, 5.74) is -0.0509. The van der Waals surface area contributed by atoms with Crippen LogP contribution in [0.5, 0.6) is 0 Å². The van der Waals surface area contributed by atoms with E-state index in [1.54, 1.807) is 0 Å². The van der Waals surface area contributed by atoms with Gasteiger partial charge in [-0.25, -0.2) is 0 Å². The molecule has 0 atom stereocenters. The lowest BCUT2D eigenvalue weighted by Gasteiger charge is -2.18. The molecule has 0 aromatic heterocycles. The quantitative estimate of drug-likeness (QED) is 0.470. The fourth-order valence-electron chi connectivity index (χ4n) is 3.06. The van der Waals surface area contributed by atoms with Gasteiger partial charge in [-0.3, -0.25) is 9.59 Å². The molecule has 1 aliphatic rings. The van der Waals surface area contributed by atoms with Gasteiger partial charge in [-0.05, 0) is 45.4 Å². The van der Waals surface area contributed by atoms with E-state index in [-0.39, 0.29) is 29.9 Å². The minimum absolute atomic E-state index is 0.0285. The van der Waals surface area contributed by atoms with Crippen LogP contribution in [0.15, 0.2) is 0 Å². The predicted octanol–water partition coefficient (Wildman–Crippen LogP) is 3.42. The van der Waals surface area contributed by atoms with Crippen molar-refractivity contribution in [2.24, 2.45) is 11.3 Å². The van der Waals surface area contributed by atoms with Crippen molar-refractivity contribution in [2.45, 2.75) is 85.2 Å². The molecule has 5 nitrogen and oxygen atoms in total. The van der Waals surface area contributed by atoms with Gasteiger partial charge in [0, 0.05) is 13.1 Å². The highest BCUT2D eigenvalue weighted by molar-refractivity contribution is 5.85. The van der Waals surface area contributed by atoms with Gasteiger partial charge in [0.05, 0.1) is 11.5 Å². The number of nitrogens with one attached hydrogen (secondary N) is 2. The third-order valence-electron chi connectivity index (χ3n) is 5.11. The Morgan fingerprint density at radius 2 is 1.40 bits per heavy atom. The second kappa shape index (κ2) is 11.5. The van der Waals surface area contributed by atoms with Crippen molar-refractivity contribution in [1.29, 1.82) is 0 Å². The average molecular weight is 355 g/mol. The fourth-order valence-corrected chi connectivity index (χ4v) is 3.06. The second-order valence-electron chi connectivity index (χ2n) is 7.90. The first-order valence-electron chi connectivity index (χ1n) is 10.0. The van der Waals surface area contributed by atoms with Crippen molar-refractivity contribution in [1.82, 2.24) is 10.6 Å². The Morgan fingerprint density at radius 3 is 1.88 bits per heavy atom. The molecule has 1 rings (SSSR count). The molecule has 0 aromatic carbocycles. The van der Waals surface area contributed by atoms with Crippen molar-refractivity contribution in [3.8, 4) is 0 Å². The molecular formula is C20H38N2O3. The van der Waals surface area contributed by atoms with Gasteiger partial charge in [-0.1, -0.05) is 39.5 Å². The fraction of sp³-hybridized carbons (Fsp3) is 0.900. The van der Waals surface area contributed by atoms with Crippen LogP contribution in [-0.4, -0.2) is 37.6 Å². The molecule has 1 saturated carbocycles. The number of hydrogen-bond acceptors (Lipinski definition) is 3. The van der Waals surface area contributed by atoms with Crippen LogP contribution in [0.2, 0.25) is 0 Å². The van der Waals surface area contributed by atoms with Gasteiger partial charge in [0.25, 0.3) is 0 Å². The number of carbonyl (C=O) groups is 2. The second-order valence-corrected chi connectivity index (χ2v) is 7.90. The third kappa shape index (κ3) is 8.70. The molecule has 0 unspecified atom stereocenters. The topological polar surface area (TPSA) is 67.4 Å². The van der Waals surface area contributed by atoms with Gasteiger partial charge in [-0.2, -0.15) is 0 Å². The molecule has 146 valence electrons. The van der Waals surface area contributed by atoms with Crippen LogP contribution in [-0.2, 0) is 14.3 Å². The van der Waals surface area contributed by atoms with Gasteiger partial charge in [0.1, 0.15) is 6.61 Å². The monoisotopic (exact) mass is 354 g/mol. The predicted molar refractivity (Wildman–Crippen MR) is 101 cm³/mol. The van der Waals surface area contributed by atoms with Gasteiger partial charge in [0.2, 0.25) is 11.8 Å². The van der Waals surface area contributed by atoms with Crippen molar-refractivity contribution in [2.75, 3.05) is 19.7 Å². The zero-order valence-corrected chi connectivity index (χ0v) is 16.7. The third-order valence-corrected chi connectivity index (χ3v) is 5.11. The van der Waals surface area contributed by atoms with Gasteiger partial charge < -0.3 is 15.4 Å². The minimum atomic E-state index is -0.0509. The molecule has 0 radical (unpaired) electrons. The molecule has 5 heteroatoms. The summed E-state index contributed by atoms with van der Waals surface area (Å²) < 4.78 is 5.25. The van der Waals surface area contributed by atoms with E-state index in [0.717, 1.165) is 51.6 Å². The van der Waals surface area contributed by atoms with E-state index in [1.165, 1.54) is 12.8 Å². The van der Waals surface area contributed by atoms with Crippen LogP contribution in [0.25, 0.3) is 0 Å². The van der Waals surface area contributed by atoms with Crippen molar-refractivity contribution in [3.05, 3.63) is 0 Å². The smallest absolute Gasteiger partial charge is 0.246 e. The van der Waals surface area contributed by atoms with Crippen LogP contribution in [0.3, 0.4) is 0 Å².